The minimum absolute atomic E-state index is 0.105. The van der Waals surface area contributed by atoms with Gasteiger partial charge in [-0.2, -0.15) is 0 Å². The van der Waals surface area contributed by atoms with Crippen molar-refractivity contribution in [1.29, 1.82) is 0 Å². The third kappa shape index (κ3) is 4.83. The van der Waals surface area contributed by atoms with Gasteiger partial charge in [0.1, 0.15) is 12.4 Å². The number of amides is 1. The second-order valence-electron chi connectivity index (χ2n) is 6.84. The van der Waals surface area contributed by atoms with Crippen molar-refractivity contribution in [3.05, 3.63) is 98.9 Å². The Morgan fingerprint density at radius 3 is 2.50 bits per heavy atom. The number of thiocarbonyl (C=S) groups is 1. The normalized spacial score (nSPS) is 15.1. The van der Waals surface area contributed by atoms with Gasteiger partial charge < -0.3 is 4.74 Å². The summed E-state index contributed by atoms with van der Waals surface area (Å²) in [4.78, 5) is 15.0. The number of aryl methyl sites for hydroxylation is 1. The highest BCUT2D eigenvalue weighted by molar-refractivity contribution is 9.10. The fourth-order valence-corrected chi connectivity index (χ4v) is 4.62. The van der Waals surface area contributed by atoms with Crippen LogP contribution in [0.25, 0.3) is 6.08 Å². The molecule has 0 aromatic heterocycles. The maximum Gasteiger partial charge on any atom is 0.270 e. The van der Waals surface area contributed by atoms with Crippen LogP contribution in [-0.4, -0.2) is 10.2 Å². The molecule has 0 aliphatic carbocycles. The summed E-state index contributed by atoms with van der Waals surface area (Å²) in [6.45, 7) is 2.59. The van der Waals surface area contributed by atoms with E-state index in [-0.39, 0.29) is 5.91 Å². The molecule has 0 unspecified atom stereocenters. The number of anilines is 1. The average Bonchev–Trinajstić information content (AvgIpc) is 3.01. The van der Waals surface area contributed by atoms with Gasteiger partial charge in [0.25, 0.3) is 5.91 Å². The van der Waals surface area contributed by atoms with Crippen LogP contribution in [0.15, 0.2) is 82.2 Å². The van der Waals surface area contributed by atoms with E-state index in [2.05, 4.69) is 41.1 Å². The van der Waals surface area contributed by atoms with Crippen molar-refractivity contribution in [2.24, 2.45) is 0 Å². The van der Waals surface area contributed by atoms with E-state index in [0.29, 0.717) is 15.8 Å². The lowest BCUT2D eigenvalue weighted by molar-refractivity contribution is -0.113. The number of nitrogens with zero attached hydrogens (tertiary/aromatic N) is 1. The molecule has 0 saturated carbocycles. The second kappa shape index (κ2) is 9.16. The van der Waals surface area contributed by atoms with Crippen LogP contribution in [0.4, 0.5) is 5.69 Å². The van der Waals surface area contributed by atoms with Crippen LogP contribution in [0.3, 0.4) is 0 Å². The van der Waals surface area contributed by atoms with Crippen LogP contribution in [-0.2, 0) is 11.4 Å². The molecule has 6 heteroatoms. The zero-order valence-electron chi connectivity index (χ0n) is 16.2. The van der Waals surface area contributed by atoms with E-state index in [1.165, 1.54) is 17.3 Å². The van der Waals surface area contributed by atoms with E-state index in [9.17, 15) is 4.79 Å². The predicted molar refractivity (Wildman–Crippen MR) is 132 cm³/mol. The molecule has 3 nitrogen and oxygen atoms in total. The van der Waals surface area contributed by atoms with E-state index in [1.807, 2.05) is 60.7 Å². The van der Waals surface area contributed by atoms with Crippen LogP contribution in [0.1, 0.15) is 16.7 Å². The maximum atomic E-state index is 12.9. The number of carbonyl (C=O) groups is 1. The van der Waals surface area contributed by atoms with Crippen molar-refractivity contribution in [2.75, 3.05) is 4.90 Å². The largest absolute Gasteiger partial charge is 0.489 e. The van der Waals surface area contributed by atoms with E-state index >= 15 is 0 Å². The Labute approximate surface area is 193 Å². The van der Waals surface area contributed by atoms with E-state index in [1.54, 1.807) is 4.90 Å². The molecule has 1 fully saturated rings. The lowest BCUT2D eigenvalue weighted by Crippen LogP contribution is -2.27. The average molecular weight is 496 g/mol. The van der Waals surface area contributed by atoms with Crippen LogP contribution in [0, 0.1) is 6.92 Å². The number of rotatable bonds is 5. The predicted octanol–water partition coefficient (Wildman–Crippen LogP) is 6.74. The molecule has 4 rings (SSSR count). The number of ether oxygens (including phenoxy) is 1. The van der Waals surface area contributed by atoms with Crippen molar-refractivity contribution in [2.45, 2.75) is 13.5 Å². The van der Waals surface area contributed by atoms with Crippen molar-refractivity contribution >= 4 is 61.9 Å². The Morgan fingerprint density at radius 2 is 1.80 bits per heavy atom. The molecule has 0 radical (unpaired) electrons. The Morgan fingerprint density at radius 1 is 1.07 bits per heavy atom. The summed E-state index contributed by atoms with van der Waals surface area (Å²) in [6.07, 6.45) is 1.86. The quantitative estimate of drug-likeness (QED) is 0.289. The molecule has 1 aliphatic rings. The fraction of sp³-hybridized carbons (Fsp3) is 0.0833. The van der Waals surface area contributed by atoms with E-state index in [0.717, 1.165) is 27.0 Å². The first-order chi connectivity index (χ1) is 14.5. The summed E-state index contributed by atoms with van der Waals surface area (Å²) in [6, 6.07) is 23.5. The van der Waals surface area contributed by atoms with Gasteiger partial charge in [-0.25, -0.2) is 0 Å². The van der Waals surface area contributed by atoms with Gasteiger partial charge in [0.2, 0.25) is 0 Å². The molecule has 0 bridgehead atoms. The first-order valence-corrected chi connectivity index (χ1v) is 11.3. The molecule has 0 atom stereocenters. The molecule has 1 aliphatic heterocycles. The molecule has 30 heavy (non-hydrogen) atoms. The molecule has 1 heterocycles. The van der Waals surface area contributed by atoms with Gasteiger partial charge in [-0.1, -0.05) is 81.9 Å². The summed E-state index contributed by atoms with van der Waals surface area (Å²) >= 11 is 10.2. The summed E-state index contributed by atoms with van der Waals surface area (Å²) in [7, 11) is 0. The molecule has 150 valence electrons. The van der Waals surface area contributed by atoms with Gasteiger partial charge in [-0.15, -0.1) is 0 Å². The van der Waals surface area contributed by atoms with Crippen molar-refractivity contribution in [1.82, 2.24) is 0 Å². The smallest absolute Gasteiger partial charge is 0.270 e. The van der Waals surface area contributed by atoms with Gasteiger partial charge in [-0.3, -0.25) is 9.69 Å². The number of benzene rings is 3. The van der Waals surface area contributed by atoms with Gasteiger partial charge in [0.05, 0.1) is 10.6 Å². The van der Waals surface area contributed by atoms with Gasteiger partial charge in [0.15, 0.2) is 4.32 Å². The molecular weight excluding hydrogens is 478 g/mol. The summed E-state index contributed by atoms with van der Waals surface area (Å²) < 4.78 is 7.36. The van der Waals surface area contributed by atoms with Crippen LogP contribution < -0.4 is 9.64 Å². The highest BCUT2D eigenvalue weighted by atomic mass is 79.9. The van der Waals surface area contributed by atoms with Crippen LogP contribution in [0.5, 0.6) is 5.75 Å². The van der Waals surface area contributed by atoms with Crippen molar-refractivity contribution < 1.29 is 9.53 Å². The SMILES string of the molecule is Cc1cccc(COc2ccc(/C=C3/SC(=S)N(c4ccc(Br)cc4)C3=O)cc2)c1. The lowest BCUT2D eigenvalue weighted by Gasteiger charge is -2.14. The standard InChI is InChI=1S/C24H18BrNO2S2/c1-16-3-2-4-18(13-16)15-28-21-11-5-17(6-12-21)14-22-23(27)26(24(29)30-22)20-9-7-19(25)8-10-20/h2-14H,15H2,1H3/b22-14+. The first kappa shape index (κ1) is 20.8. The monoisotopic (exact) mass is 495 g/mol. The van der Waals surface area contributed by atoms with Gasteiger partial charge in [-0.05, 0) is 60.5 Å². The Balaban J connectivity index is 1.45. The molecule has 0 N–H and O–H groups in total. The number of halogens is 1. The molecule has 1 saturated heterocycles. The molecular formula is C24H18BrNO2S2. The zero-order valence-corrected chi connectivity index (χ0v) is 19.4. The lowest BCUT2D eigenvalue weighted by atomic mass is 10.1. The zero-order chi connectivity index (χ0) is 21.1. The van der Waals surface area contributed by atoms with E-state index in [4.69, 9.17) is 17.0 Å². The Kier molecular flexibility index (Phi) is 6.37. The minimum atomic E-state index is -0.105. The number of carbonyl (C=O) groups excluding carboxylic acids is 1. The maximum absolute atomic E-state index is 12.9. The summed E-state index contributed by atoms with van der Waals surface area (Å²) in [5.41, 5.74) is 4.04. The van der Waals surface area contributed by atoms with Crippen molar-refractivity contribution in [3.63, 3.8) is 0 Å². The topological polar surface area (TPSA) is 29.5 Å². The molecule has 3 aromatic carbocycles. The van der Waals surface area contributed by atoms with Crippen molar-refractivity contribution in [3.8, 4) is 5.75 Å². The highest BCUT2D eigenvalue weighted by Gasteiger charge is 2.33. The minimum Gasteiger partial charge on any atom is -0.489 e. The second-order valence-corrected chi connectivity index (χ2v) is 9.43. The highest BCUT2D eigenvalue weighted by Crippen LogP contribution is 2.36. The fourth-order valence-electron chi connectivity index (χ4n) is 3.06. The van der Waals surface area contributed by atoms with Gasteiger partial charge in [0, 0.05) is 4.47 Å². The Bertz CT molecular complexity index is 1120. The Hall–Kier alpha value is -2.41. The number of hydrogen-bond donors (Lipinski definition) is 0. The first-order valence-electron chi connectivity index (χ1n) is 9.31. The summed E-state index contributed by atoms with van der Waals surface area (Å²) in [5, 5.41) is 0. The molecule has 0 spiro atoms. The number of thioether (sulfide) groups is 1. The molecule has 1 amide bonds. The van der Waals surface area contributed by atoms with Crippen LogP contribution >= 0.6 is 39.9 Å². The third-order valence-corrected chi connectivity index (χ3v) is 6.38. The van der Waals surface area contributed by atoms with Gasteiger partial charge >= 0.3 is 0 Å². The summed E-state index contributed by atoms with van der Waals surface area (Å²) in [5.74, 6) is 0.683. The van der Waals surface area contributed by atoms with Crippen LogP contribution in [0.2, 0.25) is 0 Å². The molecule has 3 aromatic rings. The number of hydrogen-bond acceptors (Lipinski definition) is 4. The van der Waals surface area contributed by atoms with E-state index < -0.39 is 0 Å². The third-order valence-electron chi connectivity index (χ3n) is 4.54.